The van der Waals surface area contributed by atoms with Crippen LogP contribution < -0.4 is 0 Å². The molecular weight excluding hydrogens is 286 g/mol. The molecule has 0 radical (unpaired) electrons. The van der Waals surface area contributed by atoms with E-state index in [9.17, 15) is 5.11 Å². The van der Waals surface area contributed by atoms with Crippen molar-refractivity contribution in [1.29, 1.82) is 5.26 Å². The molecular formula is C16H16ClN3O. The van der Waals surface area contributed by atoms with E-state index in [0.29, 0.717) is 12.1 Å². The van der Waals surface area contributed by atoms with Crippen LogP contribution in [0, 0.1) is 11.3 Å². The molecule has 1 heterocycles. The highest BCUT2D eigenvalue weighted by atomic mass is 35.5. The second kappa shape index (κ2) is 5.18. The summed E-state index contributed by atoms with van der Waals surface area (Å²) in [7, 11) is 0. The largest absolute Gasteiger partial charge is 0.386 e. The quantitative estimate of drug-likeness (QED) is 0.863. The zero-order valence-corrected chi connectivity index (χ0v) is 12.3. The summed E-state index contributed by atoms with van der Waals surface area (Å²) in [6, 6.07) is 11.9. The van der Waals surface area contributed by atoms with E-state index in [2.05, 4.69) is 11.1 Å². The van der Waals surface area contributed by atoms with Crippen LogP contribution in [-0.4, -0.2) is 25.1 Å². The molecule has 1 fully saturated rings. The highest BCUT2D eigenvalue weighted by Crippen LogP contribution is 2.52. The summed E-state index contributed by atoms with van der Waals surface area (Å²) in [4.78, 5) is 3.36. The van der Waals surface area contributed by atoms with Crippen LogP contribution in [0.3, 0.4) is 0 Å². The Balaban J connectivity index is 1.89. The van der Waals surface area contributed by atoms with Gasteiger partial charge in [-0.3, -0.25) is 0 Å². The van der Waals surface area contributed by atoms with E-state index in [1.807, 2.05) is 30.3 Å². The summed E-state index contributed by atoms with van der Waals surface area (Å²) in [5.41, 5.74) is 0.371. The molecule has 1 atom stereocenters. The Bertz CT molecular complexity index is 672. The zero-order valence-electron chi connectivity index (χ0n) is 11.5. The number of aromatic nitrogens is 2. The SMILES string of the molecule is N#Cc1cncn1C[C@@](O)(Cc1ccccc1)C1(Cl)CC1. The first-order valence-corrected chi connectivity index (χ1v) is 7.30. The Kier molecular flexibility index (Phi) is 3.48. The van der Waals surface area contributed by atoms with Crippen molar-refractivity contribution >= 4 is 11.6 Å². The van der Waals surface area contributed by atoms with Crippen LogP contribution in [0.4, 0.5) is 0 Å². The lowest BCUT2D eigenvalue weighted by molar-refractivity contribution is 0.0107. The molecule has 0 bridgehead atoms. The molecule has 0 aliphatic heterocycles. The van der Waals surface area contributed by atoms with Crippen LogP contribution in [-0.2, 0) is 13.0 Å². The van der Waals surface area contributed by atoms with Crippen LogP contribution in [0.25, 0.3) is 0 Å². The van der Waals surface area contributed by atoms with Gasteiger partial charge in [-0.25, -0.2) is 4.98 Å². The van der Waals surface area contributed by atoms with Gasteiger partial charge in [-0.1, -0.05) is 30.3 Å². The molecule has 0 spiro atoms. The van der Waals surface area contributed by atoms with E-state index >= 15 is 0 Å². The number of hydrogen-bond acceptors (Lipinski definition) is 3. The first kappa shape index (κ1) is 14.1. The average molecular weight is 302 g/mol. The zero-order chi connectivity index (χ0) is 14.9. The lowest BCUT2D eigenvalue weighted by atomic mass is 9.88. The summed E-state index contributed by atoms with van der Waals surface area (Å²) >= 11 is 6.55. The van der Waals surface area contributed by atoms with Crippen LogP contribution in [0.5, 0.6) is 0 Å². The van der Waals surface area contributed by atoms with Gasteiger partial charge in [-0.05, 0) is 18.4 Å². The number of rotatable bonds is 5. The second-order valence-corrected chi connectivity index (χ2v) is 6.40. The van der Waals surface area contributed by atoms with Gasteiger partial charge in [0.1, 0.15) is 17.4 Å². The third-order valence-corrected chi connectivity index (χ3v) is 4.85. The normalized spacial score (nSPS) is 18.7. The van der Waals surface area contributed by atoms with Crippen molar-refractivity contribution in [2.75, 3.05) is 0 Å². The lowest BCUT2D eigenvalue weighted by Gasteiger charge is -2.33. The summed E-state index contributed by atoms with van der Waals surface area (Å²) < 4.78 is 1.67. The number of nitrogens with zero attached hydrogens (tertiary/aromatic N) is 3. The van der Waals surface area contributed by atoms with E-state index in [1.54, 1.807) is 10.9 Å². The Hall–Kier alpha value is -1.83. The van der Waals surface area contributed by atoms with Crippen molar-refractivity contribution in [1.82, 2.24) is 9.55 Å². The van der Waals surface area contributed by atoms with Crippen molar-refractivity contribution in [3.63, 3.8) is 0 Å². The minimum absolute atomic E-state index is 0.272. The van der Waals surface area contributed by atoms with Gasteiger partial charge in [0.2, 0.25) is 0 Å². The molecule has 1 aromatic carbocycles. The number of alkyl halides is 1. The Labute approximate surface area is 128 Å². The number of aliphatic hydroxyl groups is 1. The minimum Gasteiger partial charge on any atom is -0.386 e. The van der Waals surface area contributed by atoms with E-state index in [-0.39, 0.29) is 6.54 Å². The van der Waals surface area contributed by atoms with Gasteiger partial charge in [0.15, 0.2) is 0 Å². The predicted octanol–water partition coefficient (Wildman–Crippen LogP) is 2.50. The van der Waals surface area contributed by atoms with Gasteiger partial charge < -0.3 is 9.67 Å². The van der Waals surface area contributed by atoms with E-state index < -0.39 is 10.5 Å². The van der Waals surface area contributed by atoms with Crippen molar-refractivity contribution in [2.45, 2.75) is 36.3 Å². The number of imidazole rings is 1. The third kappa shape index (κ3) is 2.67. The predicted molar refractivity (Wildman–Crippen MR) is 79.9 cm³/mol. The molecule has 0 unspecified atom stereocenters. The van der Waals surface area contributed by atoms with Crippen LogP contribution in [0.15, 0.2) is 42.9 Å². The molecule has 1 aliphatic carbocycles. The van der Waals surface area contributed by atoms with Crippen molar-refractivity contribution in [3.05, 3.63) is 54.1 Å². The molecule has 108 valence electrons. The third-order valence-electron chi connectivity index (χ3n) is 4.12. The van der Waals surface area contributed by atoms with E-state index in [4.69, 9.17) is 16.9 Å². The van der Waals surface area contributed by atoms with Gasteiger partial charge in [0, 0.05) is 6.42 Å². The second-order valence-electron chi connectivity index (χ2n) is 5.68. The van der Waals surface area contributed by atoms with Crippen LogP contribution in [0.2, 0.25) is 0 Å². The van der Waals surface area contributed by atoms with Crippen molar-refractivity contribution < 1.29 is 5.11 Å². The van der Waals surface area contributed by atoms with Gasteiger partial charge in [-0.2, -0.15) is 5.26 Å². The first-order chi connectivity index (χ1) is 10.1. The topological polar surface area (TPSA) is 61.8 Å². The molecule has 1 saturated carbocycles. The van der Waals surface area contributed by atoms with Crippen molar-refractivity contribution in [2.24, 2.45) is 0 Å². The number of nitriles is 1. The molecule has 2 aromatic rings. The molecule has 1 aliphatic rings. The van der Waals surface area contributed by atoms with E-state index in [0.717, 1.165) is 18.4 Å². The molecule has 1 aromatic heterocycles. The van der Waals surface area contributed by atoms with Gasteiger partial charge >= 0.3 is 0 Å². The minimum atomic E-state index is -1.10. The first-order valence-electron chi connectivity index (χ1n) is 6.92. The smallest absolute Gasteiger partial charge is 0.139 e. The molecule has 1 N–H and O–H groups in total. The Morgan fingerprint density at radius 2 is 2.10 bits per heavy atom. The van der Waals surface area contributed by atoms with Gasteiger partial charge in [0.25, 0.3) is 0 Å². The summed E-state index contributed by atoms with van der Waals surface area (Å²) in [5, 5.41) is 20.3. The maximum atomic E-state index is 11.2. The molecule has 3 rings (SSSR count). The highest BCUT2D eigenvalue weighted by Gasteiger charge is 2.57. The summed E-state index contributed by atoms with van der Waals surface area (Å²) in [6.07, 6.45) is 5.09. The monoisotopic (exact) mass is 301 g/mol. The lowest BCUT2D eigenvalue weighted by Crippen LogP contribution is -2.47. The fourth-order valence-electron chi connectivity index (χ4n) is 2.69. The summed E-state index contributed by atoms with van der Waals surface area (Å²) in [6.45, 7) is 0.272. The van der Waals surface area contributed by atoms with Crippen LogP contribution in [0.1, 0.15) is 24.1 Å². The van der Waals surface area contributed by atoms with E-state index in [1.165, 1.54) is 6.20 Å². The average Bonchev–Trinajstić information content (AvgIpc) is 3.09. The van der Waals surface area contributed by atoms with Gasteiger partial charge in [0.05, 0.1) is 23.9 Å². The Morgan fingerprint density at radius 1 is 1.38 bits per heavy atom. The fourth-order valence-corrected chi connectivity index (χ4v) is 2.91. The number of halogens is 1. The molecule has 4 nitrogen and oxygen atoms in total. The highest BCUT2D eigenvalue weighted by molar-refractivity contribution is 6.26. The molecule has 0 amide bonds. The molecule has 5 heteroatoms. The standard InChI is InChI=1S/C16H16ClN3O/c17-15(6-7-15)16(21,8-13-4-2-1-3-5-13)11-20-12-19-10-14(20)9-18/h1-5,10,12,21H,6-8,11H2/t16-/m0/s1. The summed E-state index contributed by atoms with van der Waals surface area (Å²) in [5.74, 6) is 0. The van der Waals surface area contributed by atoms with Crippen molar-refractivity contribution in [3.8, 4) is 6.07 Å². The maximum Gasteiger partial charge on any atom is 0.139 e. The molecule has 21 heavy (non-hydrogen) atoms. The van der Waals surface area contributed by atoms with Crippen LogP contribution >= 0.6 is 11.6 Å². The fraction of sp³-hybridized carbons (Fsp3) is 0.375. The number of hydrogen-bond donors (Lipinski definition) is 1. The maximum absolute atomic E-state index is 11.2. The molecule has 0 saturated heterocycles. The van der Waals surface area contributed by atoms with Gasteiger partial charge in [-0.15, -0.1) is 11.6 Å². The number of benzene rings is 1. The Morgan fingerprint density at radius 3 is 2.71 bits per heavy atom.